The molecule has 0 bridgehead atoms. The molecule has 1 aliphatic carbocycles. The Bertz CT molecular complexity index is 997. The first-order valence-corrected chi connectivity index (χ1v) is 9.95. The van der Waals surface area contributed by atoms with Gasteiger partial charge in [-0.2, -0.15) is 4.98 Å². The van der Waals surface area contributed by atoms with E-state index in [1.165, 1.54) is 36.1 Å². The van der Waals surface area contributed by atoms with E-state index in [1.807, 2.05) is 0 Å². The van der Waals surface area contributed by atoms with Gasteiger partial charge in [0.1, 0.15) is 5.82 Å². The van der Waals surface area contributed by atoms with Crippen molar-refractivity contribution in [1.29, 1.82) is 0 Å². The molecule has 4 rings (SSSR count). The fourth-order valence-corrected chi connectivity index (χ4v) is 3.58. The minimum Gasteiger partial charge on any atom is -0.370 e. The molecular formula is C22H24FN5O. The van der Waals surface area contributed by atoms with Crippen LogP contribution in [0.1, 0.15) is 36.3 Å². The highest BCUT2D eigenvalue weighted by atomic mass is 19.1. The predicted octanol–water partition coefficient (Wildman–Crippen LogP) is 4.11. The molecule has 0 aliphatic heterocycles. The Morgan fingerprint density at radius 2 is 1.97 bits per heavy atom. The number of anilines is 1. The number of aryl methyl sites for hydroxylation is 2. The summed E-state index contributed by atoms with van der Waals surface area (Å²) in [5.41, 5.74) is 10.6. The highest BCUT2D eigenvalue weighted by molar-refractivity contribution is 5.93. The first-order valence-electron chi connectivity index (χ1n) is 9.95. The Balaban J connectivity index is 1.29. The van der Waals surface area contributed by atoms with Gasteiger partial charge in [-0.3, -0.25) is 4.99 Å². The van der Waals surface area contributed by atoms with Crippen molar-refractivity contribution in [3.63, 3.8) is 0 Å². The van der Waals surface area contributed by atoms with E-state index < -0.39 is 0 Å². The molecule has 0 amide bonds. The molecule has 3 aromatic rings. The number of benzene rings is 2. The number of hydrogen-bond acceptors (Lipinski definition) is 4. The van der Waals surface area contributed by atoms with Crippen molar-refractivity contribution in [2.24, 2.45) is 10.7 Å². The van der Waals surface area contributed by atoms with Crippen LogP contribution < -0.4 is 11.1 Å². The van der Waals surface area contributed by atoms with Crippen molar-refractivity contribution >= 4 is 11.6 Å². The van der Waals surface area contributed by atoms with Gasteiger partial charge in [0.2, 0.25) is 11.7 Å². The van der Waals surface area contributed by atoms with E-state index in [0.717, 1.165) is 30.5 Å². The number of nitrogens with two attached hydrogens (primary N) is 1. The molecule has 7 heteroatoms. The lowest BCUT2D eigenvalue weighted by molar-refractivity contribution is 0.376. The summed E-state index contributed by atoms with van der Waals surface area (Å²) in [6.45, 7) is 0.558. The summed E-state index contributed by atoms with van der Waals surface area (Å²) < 4.78 is 18.3. The molecule has 3 N–H and O–H groups in total. The van der Waals surface area contributed by atoms with Gasteiger partial charge in [0.25, 0.3) is 0 Å². The highest BCUT2D eigenvalue weighted by Gasteiger charge is 2.13. The molecule has 0 unspecified atom stereocenters. The van der Waals surface area contributed by atoms with Crippen molar-refractivity contribution in [3.8, 4) is 11.4 Å². The van der Waals surface area contributed by atoms with Crippen LogP contribution in [0.25, 0.3) is 11.4 Å². The summed E-state index contributed by atoms with van der Waals surface area (Å²) in [6, 6.07) is 12.3. The molecule has 1 heterocycles. The van der Waals surface area contributed by atoms with E-state index in [1.54, 1.807) is 12.1 Å². The van der Waals surface area contributed by atoms with Crippen LogP contribution in [0.5, 0.6) is 0 Å². The van der Waals surface area contributed by atoms with E-state index >= 15 is 0 Å². The normalized spacial score (nSPS) is 13.9. The average Bonchev–Trinajstić information content (AvgIpc) is 3.21. The highest BCUT2D eigenvalue weighted by Crippen LogP contribution is 2.27. The predicted molar refractivity (Wildman–Crippen MR) is 111 cm³/mol. The fraction of sp³-hybridized carbons (Fsp3) is 0.318. The molecule has 29 heavy (non-hydrogen) atoms. The first kappa shape index (κ1) is 19.1. The van der Waals surface area contributed by atoms with Crippen molar-refractivity contribution in [2.75, 3.05) is 11.9 Å². The van der Waals surface area contributed by atoms with Crippen molar-refractivity contribution < 1.29 is 8.91 Å². The number of fused-ring (bicyclic) bond motifs is 1. The second-order valence-electron chi connectivity index (χ2n) is 7.16. The lowest BCUT2D eigenvalue weighted by Crippen LogP contribution is -2.24. The zero-order chi connectivity index (χ0) is 20.1. The molecule has 0 saturated heterocycles. The summed E-state index contributed by atoms with van der Waals surface area (Å²) in [4.78, 5) is 8.76. The molecular weight excluding hydrogens is 369 g/mol. The molecule has 1 aromatic heterocycles. The van der Waals surface area contributed by atoms with Crippen molar-refractivity contribution in [1.82, 2.24) is 10.1 Å². The monoisotopic (exact) mass is 393 g/mol. The largest absolute Gasteiger partial charge is 0.370 e. The van der Waals surface area contributed by atoms with Crippen molar-refractivity contribution in [2.45, 2.75) is 38.5 Å². The topological polar surface area (TPSA) is 89.3 Å². The van der Waals surface area contributed by atoms with Crippen molar-refractivity contribution in [3.05, 3.63) is 65.3 Å². The Kier molecular flexibility index (Phi) is 5.84. The second kappa shape index (κ2) is 8.86. The third-order valence-electron chi connectivity index (χ3n) is 5.06. The molecule has 6 nitrogen and oxygen atoms in total. The number of nitrogens with zero attached hydrogens (tertiary/aromatic N) is 3. The number of aromatic nitrogens is 2. The van der Waals surface area contributed by atoms with Crippen LogP contribution >= 0.6 is 0 Å². The number of guanidine groups is 1. The number of halogens is 1. The van der Waals surface area contributed by atoms with E-state index in [2.05, 4.69) is 38.6 Å². The van der Waals surface area contributed by atoms with Crippen LogP contribution in [-0.4, -0.2) is 22.6 Å². The summed E-state index contributed by atoms with van der Waals surface area (Å²) in [5.74, 6) is 1.11. The van der Waals surface area contributed by atoms with Crippen LogP contribution in [0.15, 0.2) is 52.0 Å². The zero-order valence-corrected chi connectivity index (χ0v) is 16.2. The maximum Gasteiger partial charge on any atom is 0.227 e. The third kappa shape index (κ3) is 4.80. The Morgan fingerprint density at radius 1 is 1.14 bits per heavy atom. The van der Waals surface area contributed by atoms with Gasteiger partial charge in [-0.1, -0.05) is 17.3 Å². The number of nitrogens with one attached hydrogen (secondary N) is 1. The van der Waals surface area contributed by atoms with Crippen LogP contribution in [0.2, 0.25) is 0 Å². The van der Waals surface area contributed by atoms with E-state index in [4.69, 9.17) is 10.3 Å². The maximum atomic E-state index is 13.0. The van der Waals surface area contributed by atoms with Crippen LogP contribution in [0, 0.1) is 5.82 Å². The van der Waals surface area contributed by atoms with Crippen LogP contribution in [0.3, 0.4) is 0 Å². The quantitative estimate of drug-likeness (QED) is 0.374. The van der Waals surface area contributed by atoms with Gasteiger partial charge in [0.15, 0.2) is 5.96 Å². The van der Waals surface area contributed by atoms with E-state index in [-0.39, 0.29) is 5.82 Å². The lowest BCUT2D eigenvalue weighted by Gasteiger charge is -2.19. The Hall–Kier alpha value is -3.22. The molecule has 0 radical (unpaired) electrons. The maximum absolute atomic E-state index is 13.0. The number of rotatable bonds is 6. The summed E-state index contributed by atoms with van der Waals surface area (Å²) in [5, 5.41) is 7.19. The van der Waals surface area contributed by atoms with Gasteiger partial charge in [-0.15, -0.1) is 0 Å². The molecule has 0 spiro atoms. The molecule has 150 valence electrons. The van der Waals surface area contributed by atoms with Gasteiger partial charge < -0.3 is 15.6 Å². The average molecular weight is 393 g/mol. The summed E-state index contributed by atoms with van der Waals surface area (Å²) >= 11 is 0. The molecule has 0 fully saturated rings. The van der Waals surface area contributed by atoms with E-state index in [9.17, 15) is 4.39 Å². The molecule has 2 aromatic carbocycles. The Labute approximate surface area is 169 Å². The number of aliphatic imine (C=N–C) groups is 1. The van der Waals surface area contributed by atoms with Gasteiger partial charge in [0, 0.05) is 24.2 Å². The molecule has 1 aliphatic rings. The number of hydrogen-bond donors (Lipinski definition) is 2. The Morgan fingerprint density at radius 3 is 2.83 bits per heavy atom. The molecule has 0 atom stereocenters. The first-order chi connectivity index (χ1) is 14.2. The third-order valence-corrected chi connectivity index (χ3v) is 5.06. The SMILES string of the molecule is NC(=NCCCc1nc(-c2ccc(F)cc2)no1)Nc1cccc2c1CCCC2. The van der Waals surface area contributed by atoms with Crippen LogP contribution in [-0.2, 0) is 19.3 Å². The standard InChI is InChI=1S/C22H24FN5O/c23-17-12-10-16(11-13-17)21-27-20(29-28-21)9-4-14-25-22(24)26-19-8-3-6-15-5-1-2-7-18(15)19/h3,6,8,10-13H,1-2,4-5,7,9,14H2,(H3,24,25,26). The van der Waals surface area contributed by atoms with Gasteiger partial charge in [-0.05, 0) is 73.6 Å². The zero-order valence-electron chi connectivity index (χ0n) is 16.2. The second-order valence-corrected chi connectivity index (χ2v) is 7.16. The van der Waals surface area contributed by atoms with Gasteiger partial charge in [0.05, 0.1) is 0 Å². The lowest BCUT2D eigenvalue weighted by atomic mass is 9.90. The molecule has 0 saturated carbocycles. The fourth-order valence-electron chi connectivity index (χ4n) is 3.58. The minimum atomic E-state index is -0.294. The van der Waals surface area contributed by atoms with Crippen LogP contribution in [0.4, 0.5) is 10.1 Å². The minimum absolute atomic E-state index is 0.294. The summed E-state index contributed by atoms with van der Waals surface area (Å²) in [7, 11) is 0. The van der Waals surface area contributed by atoms with E-state index in [0.29, 0.717) is 30.6 Å². The van der Waals surface area contributed by atoms with Gasteiger partial charge >= 0.3 is 0 Å². The smallest absolute Gasteiger partial charge is 0.227 e. The summed E-state index contributed by atoms with van der Waals surface area (Å²) in [6.07, 6.45) is 6.02. The van der Waals surface area contributed by atoms with Gasteiger partial charge in [-0.25, -0.2) is 4.39 Å².